The summed E-state index contributed by atoms with van der Waals surface area (Å²) < 4.78 is 25.1. The molecule has 1 aromatic heterocycles. The van der Waals surface area contributed by atoms with Crippen LogP contribution in [-0.2, 0) is 25.6 Å². The Morgan fingerprint density at radius 1 is 1.02 bits per heavy atom. The normalized spacial score (nSPS) is 26.2. The Kier molecular flexibility index (Phi) is 8.43. The number of hydrogen-bond donors (Lipinski definition) is 2. The van der Waals surface area contributed by atoms with Crippen molar-refractivity contribution in [2.24, 2.45) is 5.92 Å². The topological polar surface area (TPSA) is 102 Å². The summed E-state index contributed by atoms with van der Waals surface area (Å²) in [6.45, 7) is 6.02. The lowest BCUT2D eigenvalue weighted by Crippen LogP contribution is -2.50. The Bertz CT molecular complexity index is 1300. The first-order valence-corrected chi connectivity index (χ1v) is 14.3. The largest absolute Gasteiger partial charge is 0.392 e. The Hall–Kier alpha value is -3.18. The van der Waals surface area contributed by atoms with Gasteiger partial charge in [-0.05, 0) is 35.4 Å². The first kappa shape index (κ1) is 28.0. The predicted molar refractivity (Wildman–Crippen MR) is 152 cm³/mol. The molecule has 1 spiro atoms. The summed E-state index contributed by atoms with van der Waals surface area (Å²) in [6.07, 6.45) is 3.95. The zero-order chi connectivity index (χ0) is 28.2. The fourth-order valence-corrected chi connectivity index (χ4v) is 5.91. The van der Waals surface area contributed by atoms with Gasteiger partial charge in [0.25, 0.3) is 5.91 Å². The van der Waals surface area contributed by atoms with E-state index in [0.29, 0.717) is 24.5 Å². The van der Waals surface area contributed by atoms with E-state index in [1.165, 1.54) is 0 Å². The second-order valence-electron chi connectivity index (χ2n) is 11.1. The van der Waals surface area contributed by atoms with Crippen LogP contribution >= 0.6 is 0 Å². The van der Waals surface area contributed by atoms with Crippen LogP contribution in [0.25, 0.3) is 0 Å². The number of anilines is 1. The van der Waals surface area contributed by atoms with Crippen LogP contribution in [0.15, 0.2) is 73.1 Å². The molecule has 3 fully saturated rings. The van der Waals surface area contributed by atoms with Crippen molar-refractivity contribution in [3.05, 3.63) is 95.3 Å². The van der Waals surface area contributed by atoms with Crippen molar-refractivity contribution in [3.63, 3.8) is 0 Å². The van der Waals surface area contributed by atoms with Gasteiger partial charge in [-0.3, -0.25) is 9.78 Å². The van der Waals surface area contributed by atoms with Gasteiger partial charge in [-0.2, -0.15) is 0 Å². The molecule has 4 unspecified atom stereocenters. The maximum atomic E-state index is 12.7. The van der Waals surface area contributed by atoms with Crippen LogP contribution in [0.1, 0.15) is 59.2 Å². The number of amides is 1. The smallest absolute Gasteiger partial charge is 0.257 e. The Morgan fingerprint density at radius 3 is 2.51 bits per heavy atom. The number of aliphatic hydroxyl groups is 1. The summed E-state index contributed by atoms with van der Waals surface area (Å²) >= 11 is 0. The number of carbonyl (C=O) groups excluding carboxylic acids is 1. The summed E-state index contributed by atoms with van der Waals surface area (Å²) in [6, 6.07) is 19.0. The third-order valence-corrected chi connectivity index (χ3v) is 8.33. The number of nitrogens with one attached hydrogen (secondary N) is 1. The van der Waals surface area contributed by atoms with Crippen LogP contribution in [0.3, 0.4) is 0 Å². The van der Waals surface area contributed by atoms with Crippen LogP contribution in [0, 0.1) is 5.92 Å². The monoisotopic (exact) mass is 559 g/mol. The van der Waals surface area contributed by atoms with Crippen molar-refractivity contribution in [2.75, 3.05) is 38.2 Å². The zero-order valence-electron chi connectivity index (χ0n) is 23.3. The SMILES string of the molecule is CC1C(CN2CCC3(CC2)OCCO3)OC(c2cccc(NC(=O)c3cccnc3)c2)OC1c1ccc(CO)cc1. The second kappa shape index (κ2) is 12.4. The van der Waals surface area contributed by atoms with E-state index < -0.39 is 12.1 Å². The van der Waals surface area contributed by atoms with E-state index >= 15 is 0 Å². The lowest BCUT2D eigenvalue weighted by molar-refractivity contribution is -0.278. The van der Waals surface area contributed by atoms with Crippen molar-refractivity contribution in [3.8, 4) is 0 Å². The Balaban J connectivity index is 1.21. The lowest BCUT2D eigenvalue weighted by Gasteiger charge is -2.44. The van der Waals surface area contributed by atoms with Gasteiger partial charge >= 0.3 is 0 Å². The number of benzene rings is 2. The van der Waals surface area contributed by atoms with Crippen LogP contribution < -0.4 is 5.32 Å². The molecule has 3 aliphatic rings. The van der Waals surface area contributed by atoms with Gasteiger partial charge in [0.2, 0.25) is 0 Å². The fraction of sp³-hybridized carbons (Fsp3) is 0.438. The van der Waals surface area contributed by atoms with Crippen molar-refractivity contribution in [2.45, 2.75) is 50.7 Å². The Morgan fingerprint density at radius 2 is 1.80 bits per heavy atom. The number of aromatic nitrogens is 1. The first-order valence-electron chi connectivity index (χ1n) is 14.3. The fourth-order valence-electron chi connectivity index (χ4n) is 5.91. The molecule has 3 saturated heterocycles. The molecule has 4 heterocycles. The molecule has 3 aromatic rings. The van der Waals surface area contributed by atoms with Crippen molar-refractivity contribution in [1.82, 2.24) is 9.88 Å². The van der Waals surface area contributed by atoms with Gasteiger partial charge in [0.1, 0.15) is 0 Å². The average Bonchev–Trinajstić information content (AvgIpc) is 3.48. The molecule has 3 aliphatic heterocycles. The van der Waals surface area contributed by atoms with Gasteiger partial charge in [0.15, 0.2) is 12.1 Å². The molecule has 9 nitrogen and oxygen atoms in total. The number of ether oxygens (including phenoxy) is 4. The van der Waals surface area contributed by atoms with Crippen LogP contribution in [0.4, 0.5) is 5.69 Å². The minimum Gasteiger partial charge on any atom is -0.392 e. The molecule has 0 bridgehead atoms. The molecule has 0 radical (unpaired) electrons. The van der Waals surface area contributed by atoms with Gasteiger partial charge in [0, 0.05) is 62.0 Å². The summed E-state index contributed by atoms with van der Waals surface area (Å²) in [4.78, 5) is 19.2. The highest BCUT2D eigenvalue weighted by Gasteiger charge is 2.43. The maximum Gasteiger partial charge on any atom is 0.257 e. The molecule has 9 heteroatoms. The number of rotatable bonds is 7. The lowest BCUT2D eigenvalue weighted by atomic mass is 9.89. The van der Waals surface area contributed by atoms with Gasteiger partial charge in [-0.25, -0.2) is 0 Å². The molecule has 2 N–H and O–H groups in total. The molecule has 4 atom stereocenters. The second-order valence-corrected chi connectivity index (χ2v) is 11.1. The van der Waals surface area contributed by atoms with Crippen LogP contribution in [0.2, 0.25) is 0 Å². The molecule has 1 amide bonds. The number of pyridine rings is 1. The van der Waals surface area contributed by atoms with Crippen LogP contribution in [-0.4, -0.2) is 65.6 Å². The first-order chi connectivity index (χ1) is 20.0. The number of nitrogens with zero attached hydrogens (tertiary/aromatic N) is 2. The van der Waals surface area contributed by atoms with Gasteiger partial charge < -0.3 is 34.3 Å². The van der Waals surface area contributed by atoms with E-state index in [9.17, 15) is 9.90 Å². The highest BCUT2D eigenvalue weighted by Crippen LogP contribution is 2.42. The standard InChI is InChI=1S/C32H37N3O6/c1-22-28(20-35-14-11-32(12-15-35)38-16-17-39-32)40-31(41-29(22)24-9-7-23(21-36)8-10-24)25-4-2-6-27(18-25)34-30(37)26-5-3-13-33-19-26/h2-10,13,18-19,22,28-29,31,36H,11-12,14-17,20-21H2,1H3,(H,34,37). The molecule has 2 aromatic carbocycles. The van der Waals surface area contributed by atoms with Gasteiger partial charge in [-0.15, -0.1) is 0 Å². The molecule has 0 aliphatic carbocycles. The van der Waals surface area contributed by atoms with Crippen molar-refractivity contribution in [1.29, 1.82) is 0 Å². The number of aliphatic hydroxyl groups excluding tert-OH is 1. The number of hydrogen-bond acceptors (Lipinski definition) is 8. The quantitative estimate of drug-likeness (QED) is 0.438. The third kappa shape index (κ3) is 6.35. The Labute approximate surface area is 240 Å². The predicted octanol–water partition coefficient (Wildman–Crippen LogP) is 4.46. The maximum absolute atomic E-state index is 12.7. The van der Waals surface area contributed by atoms with E-state index in [4.69, 9.17) is 18.9 Å². The summed E-state index contributed by atoms with van der Waals surface area (Å²) in [5, 5.41) is 12.5. The summed E-state index contributed by atoms with van der Waals surface area (Å²) in [5.74, 6) is -0.569. The van der Waals surface area contributed by atoms with Gasteiger partial charge in [0.05, 0.1) is 37.6 Å². The molecule has 0 saturated carbocycles. The van der Waals surface area contributed by atoms with E-state index in [2.05, 4.69) is 22.1 Å². The summed E-state index contributed by atoms with van der Waals surface area (Å²) in [7, 11) is 0. The van der Waals surface area contributed by atoms with E-state index in [1.54, 1.807) is 24.5 Å². The number of carbonyl (C=O) groups is 1. The highest BCUT2D eigenvalue weighted by molar-refractivity contribution is 6.04. The molecule has 6 rings (SSSR count). The minimum atomic E-state index is -0.619. The summed E-state index contributed by atoms with van der Waals surface area (Å²) in [5.41, 5.74) is 3.87. The van der Waals surface area contributed by atoms with Gasteiger partial charge in [-0.1, -0.05) is 43.3 Å². The third-order valence-electron chi connectivity index (χ3n) is 8.33. The average molecular weight is 560 g/mol. The van der Waals surface area contributed by atoms with Crippen molar-refractivity contribution >= 4 is 11.6 Å². The number of piperidine rings is 1. The minimum absolute atomic E-state index is 0.00282. The molecule has 216 valence electrons. The van der Waals surface area contributed by atoms with Crippen LogP contribution in [0.5, 0.6) is 0 Å². The molecule has 41 heavy (non-hydrogen) atoms. The molecular weight excluding hydrogens is 522 g/mol. The zero-order valence-corrected chi connectivity index (χ0v) is 23.3. The molecular formula is C32H37N3O6. The van der Waals surface area contributed by atoms with E-state index in [1.807, 2.05) is 48.5 Å². The number of likely N-dealkylation sites (tertiary alicyclic amines) is 1. The van der Waals surface area contributed by atoms with E-state index in [-0.39, 0.29) is 30.6 Å². The van der Waals surface area contributed by atoms with Crippen molar-refractivity contribution < 1.29 is 28.8 Å². The highest BCUT2D eigenvalue weighted by atomic mass is 16.7. The van der Waals surface area contributed by atoms with E-state index in [0.717, 1.165) is 49.2 Å².